The van der Waals surface area contributed by atoms with Crippen molar-refractivity contribution in [3.05, 3.63) is 47.7 Å². The van der Waals surface area contributed by atoms with E-state index in [0.717, 1.165) is 16.5 Å². The highest BCUT2D eigenvalue weighted by Gasteiger charge is 2.39. The highest BCUT2D eigenvalue weighted by molar-refractivity contribution is 5.99. The standard InChI is InChI=1S/C20H21F3N2O2.CH2O2/c1-27-10-9-24-19(26)15-11-14-3-2-4-17(18(14)25-12-15)13-5-7-16(8-6-13)20(21,22)23;2-1-3/h2-5,11-12,16H,6-10H2,1H3,(H,24,26);1H,(H,2,3). The number of pyridine rings is 1. The first-order chi connectivity index (χ1) is 14.3. The van der Waals surface area contributed by atoms with E-state index in [1.54, 1.807) is 19.3 Å². The van der Waals surface area contributed by atoms with E-state index in [-0.39, 0.29) is 25.2 Å². The number of hydrogen-bond donors (Lipinski definition) is 2. The number of benzene rings is 1. The van der Waals surface area contributed by atoms with Crippen LogP contribution in [0.15, 0.2) is 36.5 Å². The van der Waals surface area contributed by atoms with E-state index in [9.17, 15) is 18.0 Å². The third-order valence-electron chi connectivity index (χ3n) is 4.78. The number of carbonyl (C=O) groups excluding carboxylic acids is 1. The van der Waals surface area contributed by atoms with Crippen LogP contribution in [0.2, 0.25) is 0 Å². The summed E-state index contributed by atoms with van der Waals surface area (Å²) in [5.74, 6) is -1.51. The molecule has 1 aromatic heterocycles. The molecule has 162 valence electrons. The molecule has 0 bridgehead atoms. The third kappa shape index (κ3) is 6.03. The van der Waals surface area contributed by atoms with Crippen LogP contribution in [0.5, 0.6) is 0 Å². The Labute approximate surface area is 171 Å². The summed E-state index contributed by atoms with van der Waals surface area (Å²) in [5.41, 5.74) is 2.85. The maximum absolute atomic E-state index is 12.9. The van der Waals surface area contributed by atoms with Crippen LogP contribution < -0.4 is 5.32 Å². The molecule has 9 heteroatoms. The average molecular weight is 424 g/mol. The number of alkyl halides is 3. The van der Waals surface area contributed by atoms with Gasteiger partial charge in [-0.25, -0.2) is 0 Å². The van der Waals surface area contributed by atoms with Crippen LogP contribution in [0, 0.1) is 5.92 Å². The highest BCUT2D eigenvalue weighted by Crippen LogP contribution is 2.40. The van der Waals surface area contributed by atoms with E-state index in [1.165, 1.54) is 6.20 Å². The van der Waals surface area contributed by atoms with Gasteiger partial charge in [-0.1, -0.05) is 24.3 Å². The van der Waals surface area contributed by atoms with E-state index in [4.69, 9.17) is 14.6 Å². The van der Waals surface area contributed by atoms with Gasteiger partial charge in [-0.2, -0.15) is 13.2 Å². The second kappa shape index (κ2) is 10.7. The second-order valence-corrected chi connectivity index (χ2v) is 6.70. The first-order valence-electron chi connectivity index (χ1n) is 9.31. The summed E-state index contributed by atoms with van der Waals surface area (Å²) in [4.78, 5) is 24.9. The molecule has 0 aliphatic heterocycles. The molecule has 1 heterocycles. The molecular weight excluding hydrogens is 401 g/mol. The molecule has 1 aliphatic carbocycles. The van der Waals surface area contributed by atoms with Crippen molar-refractivity contribution in [1.82, 2.24) is 10.3 Å². The predicted molar refractivity (Wildman–Crippen MR) is 106 cm³/mol. The van der Waals surface area contributed by atoms with Crippen LogP contribution in [0.25, 0.3) is 16.5 Å². The number of halogens is 3. The van der Waals surface area contributed by atoms with Gasteiger partial charge in [0.1, 0.15) is 0 Å². The van der Waals surface area contributed by atoms with Gasteiger partial charge in [-0.3, -0.25) is 14.6 Å². The zero-order chi connectivity index (χ0) is 22.1. The lowest BCUT2D eigenvalue weighted by Crippen LogP contribution is -2.27. The van der Waals surface area contributed by atoms with Crippen LogP contribution in [-0.4, -0.2) is 48.9 Å². The van der Waals surface area contributed by atoms with E-state index >= 15 is 0 Å². The maximum Gasteiger partial charge on any atom is 0.392 e. The molecule has 1 unspecified atom stereocenters. The molecule has 0 saturated carbocycles. The van der Waals surface area contributed by atoms with Crippen molar-refractivity contribution in [3.8, 4) is 0 Å². The van der Waals surface area contributed by atoms with Crippen molar-refractivity contribution in [2.75, 3.05) is 20.3 Å². The number of aromatic nitrogens is 1. The summed E-state index contributed by atoms with van der Waals surface area (Å²) in [6.45, 7) is 0.574. The molecule has 0 fully saturated rings. The molecule has 30 heavy (non-hydrogen) atoms. The number of nitrogens with zero attached hydrogens (tertiary/aromatic N) is 1. The summed E-state index contributed by atoms with van der Waals surface area (Å²) in [6.07, 6.45) is -0.533. The van der Waals surface area contributed by atoms with Crippen LogP contribution in [0.4, 0.5) is 13.2 Å². The molecule has 6 nitrogen and oxygen atoms in total. The van der Waals surface area contributed by atoms with Crippen molar-refractivity contribution in [1.29, 1.82) is 0 Å². The van der Waals surface area contributed by atoms with Crippen molar-refractivity contribution < 1.29 is 32.6 Å². The minimum Gasteiger partial charge on any atom is -0.483 e. The number of hydrogen-bond acceptors (Lipinski definition) is 4. The topological polar surface area (TPSA) is 88.5 Å². The maximum atomic E-state index is 12.9. The Morgan fingerprint density at radius 1 is 1.40 bits per heavy atom. The molecule has 1 atom stereocenters. The quantitative estimate of drug-likeness (QED) is 0.558. The SMILES string of the molecule is COCCNC(=O)c1cnc2c(C3=CCC(C(F)(F)F)CC3)cccc2c1.O=CO. The summed E-state index contributed by atoms with van der Waals surface area (Å²) < 4.78 is 43.5. The van der Waals surface area contributed by atoms with E-state index in [2.05, 4.69) is 10.3 Å². The van der Waals surface area contributed by atoms with Crippen LogP contribution in [0.1, 0.15) is 35.2 Å². The van der Waals surface area contributed by atoms with Gasteiger partial charge in [0.15, 0.2) is 0 Å². The Kier molecular flexibility index (Phi) is 8.35. The molecule has 3 rings (SSSR count). The number of ether oxygens (including phenoxy) is 1. The normalized spacial score (nSPS) is 16.3. The Morgan fingerprint density at radius 3 is 2.73 bits per heavy atom. The number of fused-ring (bicyclic) bond motifs is 1. The lowest BCUT2D eigenvalue weighted by Gasteiger charge is -2.24. The summed E-state index contributed by atoms with van der Waals surface area (Å²) in [7, 11) is 1.56. The molecule has 1 aliphatic rings. The molecule has 1 amide bonds. The number of carboxylic acid groups (broad SMARTS) is 1. The van der Waals surface area contributed by atoms with Gasteiger partial charge in [0.2, 0.25) is 0 Å². The van der Waals surface area contributed by atoms with Crippen LogP contribution in [-0.2, 0) is 9.53 Å². The number of allylic oxidation sites excluding steroid dienone is 2. The average Bonchev–Trinajstić information content (AvgIpc) is 2.73. The van der Waals surface area contributed by atoms with Gasteiger partial charge >= 0.3 is 6.18 Å². The van der Waals surface area contributed by atoms with Gasteiger partial charge in [-0.15, -0.1) is 0 Å². The lowest BCUT2D eigenvalue weighted by atomic mass is 9.85. The Hall–Kier alpha value is -2.94. The van der Waals surface area contributed by atoms with Gasteiger partial charge in [0.25, 0.3) is 12.4 Å². The molecule has 0 radical (unpaired) electrons. The fourth-order valence-electron chi connectivity index (χ4n) is 3.29. The first kappa shape index (κ1) is 23.3. The minimum atomic E-state index is -4.15. The Bertz CT molecular complexity index is 913. The van der Waals surface area contributed by atoms with Gasteiger partial charge in [0, 0.05) is 30.8 Å². The van der Waals surface area contributed by atoms with Crippen molar-refractivity contribution in [2.24, 2.45) is 5.92 Å². The number of carbonyl (C=O) groups is 2. The van der Waals surface area contributed by atoms with Gasteiger partial charge in [-0.05, 0) is 30.9 Å². The van der Waals surface area contributed by atoms with Crippen LogP contribution >= 0.6 is 0 Å². The van der Waals surface area contributed by atoms with E-state index in [0.29, 0.717) is 30.7 Å². The number of para-hydroxylation sites is 1. The molecule has 2 aromatic rings. The summed E-state index contributed by atoms with van der Waals surface area (Å²) in [5, 5.41) is 10.4. The minimum absolute atomic E-state index is 0.00475. The van der Waals surface area contributed by atoms with E-state index < -0.39 is 12.1 Å². The molecule has 2 N–H and O–H groups in total. The van der Waals surface area contributed by atoms with Gasteiger partial charge < -0.3 is 15.2 Å². The Balaban J connectivity index is 0.00000101. The largest absolute Gasteiger partial charge is 0.483 e. The molecular formula is C21H23F3N2O4. The molecule has 0 spiro atoms. The number of rotatable bonds is 5. The fraction of sp³-hybridized carbons (Fsp3) is 0.381. The smallest absolute Gasteiger partial charge is 0.392 e. The highest BCUT2D eigenvalue weighted by atomic mass is 19.4. The molecule has 0 saturated heterocycles. The summed E-state index contributed by atoms with van der Waals surface area (Å²) >= 11 is 0. The van der Waals surface area contributed by atoms with Crippen molar-refractivity contribution in [2.45, 2.75) is 25.4 Å². The van der Waals surface area contributed by atoms with Crippen molar-refractivity contribution in [3.63, 3.8) is 0 Å². The fourth-order valence-corrected chi connectivity index (χ4v) is 3.29. The van der Waals surface area contributed by atoms with Crippen LogP contribution in [0.3, 0.4) is 0 Å². The lowest BCUT2D eigenvalue weighted by molar-refractivity contribution is -0.175. The predicted octanol–water partition coefficient (Wildman–Crippen LogP) is 4.06. The Morgan fingerprint density at radius 2 is 2.13 bits per heavy atom. The zero-order valence-electron chi connectivity index (χ0n) is 16.4. The number of methoxy groups -OCH3 is 1. The number of amides is 1. The van der Waals surface area contributed by atoms with Crippen molar-refractivity contribution >= 4 is 28.9 Å². The summed E-state index contributed by atoms with van der Waals surface area (Å²) in [6, 6.07) is 7.30. The third-order valence-corrected chi connectivity index (χ3v) is 4.78. The monoisotopic (exact) mass is 424 g/mol. The number of nitrogens with one attached hydrogen (secondary N) is 1. The first-order valence-corrected chi connectivity index (χ1v) is 9.31. The van der Waals surface area contributed by atoms with E-state index in [1.807, 2.05) is 18.2 Å². The molecule has 1 aromatic carbocycles. The van der Waals surface area contributed by atoms with Gasteiger partial charge in [0.05, 0.1) is 23.6 Å². The zero-order valence-corrected chi connectivity index (χ0v) is 16.4. The second-order valence-electron chi connectivity index (χ2n) is 6.70.